The maximum absolute atomic E-state index is 13.0. The molecule has 1 aromatic heterocycles. The third-order valence-electron chi connectivity index (χ3n) is 2.89. The maximum atomic E-state index is 13.0. The number of benzene rings is 1. The van der Waals surface area contributed by atoms with Gasteiger partial charge < -0.3 is 11.1 Å². The Labute approximate surface area is 120 Å². The van der Waals surface area contributed by atoms with Crippen molar-refractivity contribution >= 4 is 23.2 Å². The van der Waals surface area contributed by atoms with Crippen molar-refractivity contribution in [2.75, 3.05) is 5.73 Å². The molecule has 7 heteroatoms. The van der Waals surface area contributed by atoms with E-state index < -0.39 is 5.82 Å². The normalized spacial score (nSPS) is 10.6. The molecule has 0 aliphatic rings. The number of aryl methyl sites for hydroxylation is 1. The van der Waals surface area contributed by atoms with E-state index in [9.17, 15) is 9.18 Å². The first-order chi connectivity index (χ1) is 9.52. The van der Waals surface area contributed by atoms with Gasteiger partial charge in [-0.2, -0.15) is 5.10 Å². The van der Waals surface area contributed by atoms with E-state index in [0.717, 1.165) is 5.69 Å². The number of anilines is 1. The molecule has 20 heavy (non-hydrogen) atoms. The van der Waals surface area contributed by atoms with E-state index in [2.05, 4.69) is 15.5 Å². The Bertz CT molecular complexity index is 641. The van der Waals surface area contributed by atoms with E-state index in [1.807, 2.05) is 6.92 Å². The van der Waals surface area contributed by atoms with Gasteiger partial charge in [-0.15, -0.1) is 0 Å². The lowest BCUT2D eigenvalue weighted by Gasteiger charge is -2.05. The number of nitrogen functional groups attached to an aromatic ring is 1. The number of nitrogens with zero attached hydrogens (tertiary/aromatic N) is 1. The average Bonchev–Trinajstić information content (AvgIpc) is 2.81. The summed E-state index contributed by atoms with van der Waals surface area (Å²) in [6, 6.07) is 4.26. The molecule has 0 unspecified atom stereocenters. The van der Waals surface area contributed by atoms with Gasteiger partial charge in [0.1, 0.15) is 5.82 Å². The van der Waals surface area contributed by atoms with Crippen LogP contribution in [0.2, 0.25) is 5.02 Å². The molecule has 1 heterocycles. The zero-order valence-corrected chi connectivity index (χ0v) is 11.6. The number of H-pyrrole nitrogens is 1. The van der Waals surface area contributed by atoms with Gasteiger partial charge >= 0.3 is 0 Å². The number of carbonyl (C=O) groups is 1. The third kappa shape index (κ3) is 2.91. The summed E-state index contributed by atoms with van der Waals surface area (Å²) >= 11 is 5.67. The van der Waals surface area contributed by atoms with Gasteiger partial charge in [0.25, 0.3) is 5.91 Å². The van der Waals surface area contributed by atoms with Crippen LogP contribution in [-0.2, 0) is 13.0 Å². The van der Waals surface area contributed by atoms with Gasteiger partial charge in [-0.25, -0.2) is 4.39 Å². The van der Waals surface area contributed by atoms with Crippen LogP contribution in [0.5, 0.6) is 0 Å². The second-order valence-electron chi connectivity index (χ2n) is 4.25. The summed E-state index contributed by atoms with van der Waals surface area (Å²) in [5, 5.41) is 9.27. The number of aromatic amines is 1. The Morgan fingerprint density at radius 2 is 2.30 bits per heavy atom. The first-order valence-electron chi connectivity index (χ1n) is 6.07. The Hall–Kier alpha value is -2.08. The summed E-state index contributed by atoms with van der Waals surface area (Å²) in [5.41, 5.74) is 7.73. The van der Waals surface area contributed by atoms with Crippen LogP contribution in [0.25, 0.3) is 0 Å². The number of nitrogens with two attached hydrogens (primary N) is 1. The van der Waals surface area contributed by atoms with Crippen molar-refractivity contribution in [2.24, 2.45) is 0 Å². The summed E-state index contributed by atoms with van der Waals surface area (Å²) in [5.74, 6) is -0.884. The van der Waals surface area contributed by atoms with Gasteiger partial charge in [0, 0.05) is 6.54 Å². The maximum Gasteiger partial charge on any atom is 0.274 e. The highest BCUT2D eigenvalue weighted by atomic mass is 35.5. The molecule has 1 aromatic carbocycles. The Kier molecular flexibility index (Phi) is 4.24. The third-order valence-corrected chi connectivity index (χ3v) is 3.18. The highest BCUT2D eigenvalue weighted by Gasteiger charge is 2.16. The highest BCUT2D eigenvalue weighted by molar-refractivity contribution is 6.30. The van der Waals surface area contributed by atoms with Crippen molar-refractivity contribution < 1.29 is 9.18 Å². The second-order valence-corrected chi connectivity index (χ2v) is 4.66. The van der Waals surface area contributed by atoms with Crippen LogP contribution >= 0.6 is 11.6 Å². The first kappa shape index (κ1) is 14.3. The molecule has 2 aromatic rings. The van der Waals surface area contributed by atoms with Crippen molar-refractivity contribution in [1.29, 1.82) is 0 Å². The van der Waals surface area contributed by atoms with E-state index in [-0.39, 0.29) is 23.2 Å². The molecular formula is C13H14ClFN4O. The number of carbonyl (C=O) groups excluding carboxylic acids is 1. The summed E-state index contributed by atoms with van der Waals surface area (Å²) in [6.45, 7) is 2.12. The topological polar surface area (TPSA) is 83.8 Å². The average molecular weight is 297 g/mol. The smallest absolute Gasteiger partial charge is 0.274 e. The lowest BCUT2D eigenvalue weighted by Crippen LogP contribution is -2.24. The van der Waals surface area contributed by atoms with Crippen LogP contribution in [0, 0.1) is 5.82 Å². The molecule has 2 rings (SSSR count). The minimum Gasteiger partial charge on any atom is -0.395 e. The fraction of sp³-hybridized carbons (Fsp3) is 0.231. The van der Waals surface area contributed by atoms with Crippen LogP contribution < -0.4 is 11.1 Å². The molecule has 0 saturated heterocycles. The molecule has 5 nitrogen and oxygen atoms in total. The predicted octanol–water partition coefficient (Wildman–Crippen LogP) is 2.28. The molecule has 0 spiro atoms. The monoisotopic (exact) mass is 296 g/mol. The van der Waals surface area contributed by atoms with Crippen LogP contribution in [0.3, 0.4) is 0 Å². The Morgan fingerprint density at radius 3 is 2.90 bits per heavy atom. The number of hydrogen-bond acceptors (Lipinski definition) is 3. The Balaban J connectivity index is 2.04. The molecule has 0 fully saturated rings. The molecular weight excluding hydrogens is 283 g/mol. The number of aromatic nitrogens is 2. The van der Waals surface area contributed by atoms with Crippen LogP contribution in [0.15, 0.2) is 18.2 Å². The fourth-order valence-electron chi connectivity index (χ4n) is 1.75. The zero-order chi connectivity index (χ0) is 14.7. The van der Waals surface area contributed by atoms with E-state index in [1.165, 1.54) is 12.1 Å². The van der Waals surface area contributed by atoms with Gasteiger partial charge in [0.05, 0.1) is 16.4 Å². The number of hydrogen-bond donors (Lipinski definition) is 3. The standard InChI is InChI=1S/C13H14ClFN4O/c1-2-10-11(16)12(19-18-10)13(20)17-6-7-3-4-9(15)8(14)5-7/h3-5H,2,6,16H2,1H3,(H,17,20)(H,18,19). The van der Waals surface area contributed by atoms with Crippen molar-refractivity contribution in [2.45, 2.75) is 19.9 Å². The SMILES string of the molecule is CCc1[nH]nc(C(=O)NCc2ccc(F)c(Cl)c2)c1N. The predicted molar refractivity (Wildman–Crippen MR) is 75.0 cm³/mol. The van der Waals surface area contributed by atoms with Crippen molar-refractivity contribution in [3.8, 4) is 0 Å². The molecule has 0 radical (unpaired) electrons. The molecule has 0 bridgehead atoms. The minimum atomic E-state index is -0.495. The van der Waals surface area contributed by atoms with Gasteiger partial charge in [-0.1, -0.05) is 24.6 Å². The van der Waals surface area contributed by atoms with Crippen LogP contribution in [0.1, 0.15) is 28.7 Å². The van der Waals surface area contributed by atoms with Crippen LogP contribution in [-0.4, -0.2) is 16.1 Å². The van der Waals surface area contributed by atoms with Gasteiger partial charge in [-0.05, 0) is 24.1 Å². The quantitative estimate of drug-likeness (QED) is 0.809. The Morgan fingerprint density at radius 1 is 1.55 bits per heavy atom. The minimum absolute atomic E-state index is 0.0179. The lowest BCUT2D eigenvalue weighted by molar-refractivity contribution is 0.0947. The number of rotatable bonds is 4. The lowest BCUT2D eigenvalue weighted by atomic mass is 10.2. The largest absolute Gasteiger partial charge is 0.395 e. The summed E-state index contributed by atoms with van der Waals surface area (Å²) in [4.78, 5) is 11.9. The zero-order valence-electron chi connectivity index (χ0n) is 10.8. The molecule has 0 atom stereocenters. The molecule has 0 saturated carbocycles. The second kappa shape index (κ2) is 5.92. The van der Waals surface area contributed by atoms with Crippen molar-refractivity contribution in [1.82, 2.24) is 15.5 Å². The molecule has 4 N–H and O–H groups in total. The van der Waals surface area contributed by atoms with E-state index >= 15 is 0 Å². The van der Waals surface area contributed by atoms with Crippen molar-refractivity contribution in [3.05, 3.63) is 46.0 Å². The molecule has 1 amide bonds. The van der Waals surface area contributed by atoms with Crippen LogP contribution in [0.4, 0.5) is 10.1 Å². The van der Waals surface area contributed by atoms with E-state index in [1.54, 1.807) is 6.07 Å². The summed E-state index contributed by atoms with van der Waals surface area (Å²) in [6.07, 6.45) is 0.666. The highest BCUT2D eigenvalue weighted by Crippen LogP contribution is 2.17. The number of amides is 1. The molecule has 0 aliphatic carbocycles. The summed E-state index contributed by atoms with van der Waals surface area (Å²) in [7, 11) is 0. The number of nitrogens with one attached hydrogen (secondary N) is 2. The van der Waals surface area contributed by atoms with Gasteiger partial charge in [0.15, 0.2) is 5.69 Å². The van der Waals surface area contributed by atoms with Gasteiger partial charge in [0.2, 0.25) is 0 Å². The molecule has 106 valence electrons. The fourth-order valence-corrected chi connectivity index (χ4v) is 1.95. The van der Waals surface area contributed by atoms with Gasteiger partial charge in [-0.3, -0.25) is 9.89 Å². The number of halogens is 2. The van der Waals surface area contributed by atoms with E-state index in [4.69, 9.17) is 17.3 Å². The van der Waals surface area contributed by atoms with Crippen molar-refractivity contribution in [3.63, 3.8) is 0 Å². The summed E-state index contributed by atoms with van der Waals surface area (Å²) < 4.78 is 13.0. The van der Waals surface area contributed by atoms with E-state index in [0.29, 0.717) is 17.7 Å². The first-order valence-corrected chi connectivity index (χ1v) is 6.45. The molecule has 0 aliphatic heterocycles.